The molecule has 0 radical (unpaired) electrons. The van der Waals surface area contributed by atoms with Crippen LogP contribution in [0.15, 0.2) is 54.6 Å². The van der Waals surface area contributed by atoms with E-state index < -0.39 is 5.41 Å². The first-order chi connectivity index (χ1) is 11.1. The second-order valence-electron chi connectivity index (χ2n) is 6.47. The summed E-state index contributed by atoms with van der Waals surface area (Å²) in [5, 5.41) is 3.08. The molecule has 1 fully saturated rings. The average Bonchev–Trinajstić information content (AvgIpc) is 2.52. The summed E-state index contributed by atoms with van der Waals surface area (Å²) in [6.07, 6.45) is 2.60. The van der Waals surface area contributed by atoms with Gasteiger partial charge in [-0.05, 0) is 42.0 Å². The van der Waals surface area contributed by atoms with E-state index in [0.717, 1.165) is 24.8 Å². The molecule has 23 heavy (non-hydrogen) atoms. The van der Waals surface area contributed by atoms with Gasteiger partial charge in [0.25, 0.3) is 0 Å². The average molecular weight is 311 g/mol. The minimum absolute atomic E-state index is 0.0251. The summed E-state index contributed by atoms with van der Waals surface area (Å²) in [6.45, 7) is 2.70. The molecule has 1 aliphatic carbocycles. The molecular weight excluding hydrogens is 289 g/mol. The van der Waals surface area contributed by atoms with E-state index in [-0.39, 0.29) is 17.6 Å². The number of halogens is 1. The molecule has 2 aromatic carbocycles. The third-order valence-corrected chi connectivity index (χ3v) is 4.96. The van der Waals surface area contributed by atoms with Crippen molar-refractivity contribution in [2.75, 3.05) is 6.54 Å². The molecule has 1 aliphatic rings. The Morgan fingerprint density at radius 2 is 1.91 bits per heavy atom. The van der Waals surface area contributed by atoms with Crippen molar-refractivity contribution in [3.63, 3.8) is 0 Å². The fourth-order valence-electron chi connectivity index (χ4n) is 3.28. The fourth-order valence-corrected chi connectivity index (χ4v) is 3.28. The second kappa shape index (κ2) is 6.53. The zero-order valence-corrected chi connectivity index (χ0v) is 13.4. The van der Waals surface area contributed by atoms with Crippen molar-refractivity contribution in [2.45, 2.75) is 37.5 Å². The van der Waals surface area contributed by atoms with Gasteiger partial charge in [0.15, 0.2) is 0 Å². The molecule has 2 nitrogen and oxygen atoms in total. The summed E-state index contributed by atoms with van der Waals surface area (Å²) < 4.78 is 13.5. The predicted molar refractivity (Wildman–Crippen MR) is 89.8 cm³/mol. The Kier molecular flexibility index (Phi) is 4.46. The lowest BCUT2D eigenvalue weighted by atomic mass is 9.63. The van der Waals surface area contributed by atoms with E-state index in [1.54, 1.807) is 6.07 Å². The normalized spacial score (nSPS) is 17.1. The Labute approximate surface area is 136 Å². The molecule has 120 valence electrons. The van der Waals surface area contributed by atoms with Crippen LogP contribution in [0.3, 0.4) is 0 Å². The third-order valence-electron chi connectivity index (χ3n) is 4.96. The number of carbonyl (C=O) groups is 1. The molecule has 0 bridgehead atoms. The zero-order valence-electron chi connectivity index (χ0n) is 13.4. The van der Waals surface area contributed by atoms with Crippen molar-refractivity contribution in [3.05, 3.63) is 71.5 Å². The van der Waals surface area contributed by atoms with Gasteiger partial charge in [-0.2, -0.15) is 0 Å². The maximum absolute atomic E-state index is 13.5. The zero-order chi connectivity index (χ0) is 16.3. The molecule has 2 aromatic rings. The van der Waals surface area contributed by atoms with Gasteiger partial charge in [-0.25, -0.2) is 4.39 Å². The number of benzene rings is 2. The van der Waals surface area contributed by atoms with Crippen LogP contribution in [0.1, 0.15) is 43.2 Å². The Morgan fingerprint density at radius 1 is 1.17 bits per heavy atom. The largest absolute Gasteiger partial charge is 0.355 e. The Balaban J connectivity index is 1.69. The van der Waals surface area contributed by atoms with Gasteiger partial charge >= 0.3 is 0 Å². The van der Waals surface area contributed by atoms with Gasteiger partial charge in [-0.1, -0.05) is 55.8 Å². The molecule has 1 atom stereocenters. The number of hydrogen-bond donors (Lipinski definition) is 1. The molecule has 0 aromatic heterocycles. The number of nitrogens with one attached hydrogen (secondary N) is 1. The van der Waals surface area contributed by atoms with E-state index in [1.165, 1.54) is 17.7 Å². The summed E-state index contributed by atoms with van der Waals surface area (Å²) in [7, 11) is 0. The highest BCUT2D eigenvalue weighted by molar-refractivity contribution is 5.89. The number of rotatable bonds is 5. The van der Waals surface area contributed by atoms with Gasteiger partial charge in [0.05, 0.1) is 5.41 Å². The van der Waals surface area contributed by atoms with Crippen LogP contribution in [-0.2, 0) is 10.2 Å². The van der Waals surface area contributed by atoms with Crippen LogP contribution in [-0.4, -0.2) is 12.5 Å². The highest BCUT2D eigenvalue weighted by atomic mass is 19.1. The lowest BCUT2D eigenvalue weighted by Gasteiger charge is -2.41. The van der Waals surface area contributed by atoms with Gasteiger partial charge in [-0.3, -0.25) is 4.79 Å². The molecule has 1 N–H and O–H groups in total. The second-order valence-corrected chi connectivity index (χ2v) is 6.47. The summed E-state index contributed by atoms with van der Waals surface area (Å²) in [6, 6.07) is 16.6. The van der Waals surface area contributed by atoms with Gasteiger partial charge in [-0.15, -0.1) is 0 Å². The van der Waals surface area contributed by atoms with Crippen LogP contribution in [0.4, 0.5) is 4.39 Å². The maximum Gasteiger partial charge on any atom is 0.230 e. The minimum atomic E-state index is -0.543. The van der Waals surface area contributed by atoms with Crippen LogP contribution >= 0.6 is 0 Å². The highest BCUT2D eigenvalue weighted by Gasteiger charge is 2.45. The quantitative estimate of drug-likeness (QED) is 0.882. The van der Waals surface area contributed by atoms with Crippen molar-refractivity contribution in [1.29, 1.82) is 0 Å². The van der Waals surface area contributed by atoms with Crippen LogP contribution in [0.2, 0.25) is 0 Å². The first-order valence-corrected chi connectivity index (χ1v) is 8.21. The van der Waals surface area contributed by atoms with Crippen molar-refractivity contribution < 1.29 is 9.18 Å². The molecule has 0 saturated heterocycles. The van der Waals surface area contributed by atoms with Gasteiger partial charge < -0.3 is 5.32 Å². The first-order valence-electron chi connectivity index (χ1n) is 8.21. The summed E-state index contributed by atoms with van der Waals surface area (Å²) >= 11 is 0. The van der Waals surface area contributed by atoms with Crippen molar-refractivity contribution in [2.24, 2.45) is 0 Å². The highest BCUT2D eigenvalue weighted by Crippen LogP contribution is 2.44. The first kappa shape index (κ1) is 15.7. The van der Waals surface area contributed by atoms with E-state index in [0.29, 0.717) is 6.54 Å². The molecule has 1 saturated carbocycles. The Hall–Kier alpha value is -2.16. The maximum atomic E-state index is 13.5. The van der Waals surface area contributed by atoms with Crippen LogP contribution in [0.25, 0.3) is 0 Å². The molecule has 3 heteroatoms. The standard InChI is InChI=1S/C20H22FNO/c1-15(16-7-3-2-4-8-16)14-22-19(23)20(11-6-12-20)17-9-5-10-18(21)13-17/h2-5,7-10,13,15H,6,11-12,14H2,1H3,(H,22,23). The Bertz CT molecular complexity index is 679. The molecule has 1 amide bonds. The number of amides is 1. The molecule has 0 heterocycles. The van der Waals surface area contributed by atoms with E-state index in [2.05, 4.69) is 24.4 Å². The van der Waals surface area contributed by atoms with Gasteiger partial charge in [0.2, 0.25) is 5.91 Å². The van der Waals surface area contributed by atoms with Crippen LogP contribution < -0.4 is 5.32 Å². The van der Waals surface area contributed by atoms with Crippen LogP contribution in [0.5, 0.6) is 0 Å². The molecule has 0 aliphatic heterocycles. The molecule has 3 rings (SSSR count). The topological polar surface area (TPSA) is 29.1 Å². The summed E-state index contributed by atoms with van der Waals surface area (Å²) in [5.41, 5.74) is 1.47. The van der Waals surface area contributed by atoms with E-state index in [4.69, 9.17) is 0 Å². The number of hydrogen-bond acceptors (Lipinski definition) is 1. The third kappa shape index (κ3) is 3.14. The smallest absolute Gasteiger partial charge is 0.230 e. The fraction of sp³-hybridized carbons (Fsp3) is 0.350. The van der Waals surface area contributed by atoms with Crippen LogP contribution in [0, 0.1) is 5.82 Å². The predicted octanol–water partition coefficient (Wildman–Crippen LogP) is 4.17. The van der Waals surface area contributed by atoms with E-state index >= 15 is 0 Å². The van der Waals surface area contributed by atoms with E-state index in [1.807, 2.05) is 24.3 Å². The van der Waals surface area contributed by atoms with E-state index in [9.17, 15) is 9.18 Å². The summed E-state index contributed by atoms with van der Waals surface area (Å²) in [4.78, 5) is 12.8. The van der Waals surface area contributed by atoms with Gasteiger partial charge in [0.1, 0.15) is 5.82 Å². The molecule has 0 spiro atoms. The van der Waals surface area contributed by atoms with Crippen molar-refractivity contribution in [1.82, 2.24) is 5.32 Å². The monoisotopic (exact) mass is 311 g/mol. The molecule has 1 unspecified atom stereocenters. The lowest BCUT2D eigenvalue weighted by Crippen LogP contribution is -2.50. The lowest BCUT2D eigenvalue weighted by molar-refractivity contribution is -0.130. The van der Waals surface area contributed by atoms with Crippen molar-refractivity contribution >= 4 is 5.91 Å². The van der Waals surface area contributed by atoms with Crippen molar-refractivity contribution in [3.8, 4) is 0 Å². The minimum Gasteiger partial charge on any atom is -0.355 e. The number of carbonyl (C=O) groups excluding carboxylic acids is 1. The van der Waals surface area contributed by atoms with Gasteiger partial charge in [0, 0.05) is 6.54 Å². The molecular formula is C20H22FNO. The Morgan fingerprint density at radius 3 is 2.52 bits per heavy atom. The summed E-state index contributed by atoms with van der Waals surface area (Å²) in [5.74, 6) is 0.00106. The SMILES string of the molecule is CC(CNC(=O)C1(c2cccc(F)c2)CCC1)c1ccccc1.